The number of aryl methyl sites for hydroxylation is 1. The van der Waals surface area contributed by atoms with Gasteiger partial charge in [-0.25, -0.2) is 19.2 Å². The maximum atomic E-state index is 13.1. The lowest BCUT2D eigenvalue weighted by Crippen LogP contribution is -2.39. The van der Waals surface area contributed by atoms with Gasteiger partial charge in [0.15, 0.2) is 5.65 Å². The minimum Gasteiger partial charge on any atom is -0.366 e. The number of hydrogen-bond donors (Lipinski definition) is 3. The molecule has 0 unspecified atom stereocenters. The van der Waals surface area contributed by atoms with Gasteiger partial charge in [-0.05, 0) is 66.8 Å². The number of fused-ring (bicyclic) bond motifs is 1. The quantitative estimate of drug-likeness (QED) is 0.230. The summed E-state index contributed by atoms with van der Waals surface area (Å²) in [7, 11) is 0. The lowest BCUT2D eigenvalue weighted by atomic mass is 10.1. The van der Waals surface area contributed by atoms with Gasteiger partial charge in [0.05, 0.1) is 0 Å². The summed E-state index contributed by atoms with van der Waals surface area (Å²) in [6.07, 6.45) is 4.11. The molecule has 0 radical (unpaired) electrons. The van der Waals surface area contributed by atoms with E-state index in [1.807, 2.05) is 43.3 Å². The fourth-order valence-electron chi connectivity index (χ4n) is 4.84. The minimum absolute atomic E-state index is 0.0267. The molecule has 5 aromatic rings. The highest BCUT2D eigenvalue weighted by atomic mass is 19.1. The minimum atomic E-state index is -0.381. The Kier molecular flexibility index (Phi) is 7.39. The van der Waals surface area contributed by atoms with Gasteiger partial charge in [-0.3, -0.25) is 18.7 Å². The topological polar surface area (TPSA) is 127 Å². The number of anilines is 1. The number of halogens is 1. The van der Waals surface area contributed by atoms with Gasteiger partial charge in [-0.1, -0.05) is 31.2 Å². The summed E-state index contributed by atoms with van der Waals surface area (Å²) in [5, 5.41) is 6.12. The van der Waals surface area contributed by atoms with E-state index in [4.69, 9.17) is 0 Å². The molecule has 0 bridgehead atoms. The molecule has 1 aliphatic carbocycles. The lowest BCUT2D eigenvalue weighted by Gasteiger charge is -2.09. The van der Waals surface area contributed by atoms with Crippen molar-refractivity contribution in [1.29, 1.82) is 0 Å². The Morgan fingerprint density at radius 1 is 1.00 bits per heavy atom. The first kappa shape index (κ1) is 27.1. The molecule has 3 heterocycles. The molecular formula is C31H30FN7O3. The Labute approximate surface area is 240 Å². The number of H-pyrrole nitrogens is 1. The van der Waals surface area contributed by atoms with Crippen molar-refractivity contribution in [3.05, 3.63) is 110 Å². The van der Waals surface area contributed by atoms with Gasteiger partial charge >= 0.3 is 5.69 Å². The molecular weight excluding hydrogens is 537 g/mol. The molecule has 0 atom stereocenters. The molecule has 1 amide bonds. The van der Waals surface area contributed by atoms with Gasteiger partial charge in [0.2, 0.25) is 0 Å². The average molecular weight is 568 g/mol. The third kappa shape index (κ3) is 5.58. The molecule has 1 fully saturated rings. The van der Waals surface area contributed by atoms with E-state index in [-0.39, 0.29) is 29.0 Å². The molecule has 1 saturated carbocycles. The molecule has 3 N–H and O–H groups in total. The fraction of sp³-hybridized carbons (Fsp3) is 0.258. The molecule has 0 saturated heterocycles. The summed E-state index contributed by atoms with van der Waals surface area (Å²) in [6, 6.07) is 16.9. The van der Waals surface area contributed by atoms with Crippen LogP contribution >= 0.6 is 0 Å². The molecule has 10 nitrogen and oxygen atoms in total. The molecule has 3 aromatic heterocycles. The van der Waals surface area contributed by atoms with Crippen molar-refractivity contribution in [2.75, 3.05) is 5.32 Å². The lowest BCUT2D eigenvalue weighted by molar-refractivity contribution is 0.0951. The van der Waals surface area contributed by atoms with Crippen LogP contribution in [0.5, 0.6) is 0 Å². The van der Waals surface area contributed by atoms with Crippen molar-refractivity contribution in [3.63, 3.8) is 0 Å². The summed E-state index contributed by atoms with van der Waals surface area (Å²) in [4.78, 5) is 50.6. The Balaban J connectivity index is 1.10. The van der Waals surface area contributed by atoms with Crippen LogP contribution < -0.4 is 21.9 Å². The first-order chi connectivity index (χ1) is 20.4. The number of amides is 1. The van der Waals surface area contributed by atoms with E-state index >= 15 is 0 Å². The van der Waals surface area contributed by atoms with E-state index in [0.717, 1.165) is 30.4 Å². The molecule has 11 heteroatoms. The number of rotatable bonds is 10. The van der Waals surface area contributed by atoms with E-state index in [2.05, 4.69) is 25.6 Å². The first-order valence-corrected chi connectivity index (χ1v) is 14.0. The fourth-order valence-corrected chi connectivity index (χ4v) is 4.84. The number of nitrogens with zero attached hydrogens (tertiary/aromatic N) is 4. The normalized spacial score (nSPS) is 12.9. The van der Waals surface area contributed by atoms with E-state index < -0.39 is 0 Å². The van der Waals surface area contributed by atoms with Crippen LogP contribution in [-0.2, 0) is 19.6 Å². The Morgan fingerprint density at radius 3 is 2.36 bits per heavy atom. The van der Waals surface area contributed by atoms with Gasteiger partial charge in [-0.15, -0.1) is 0 Å². The number of benzene rings is 2. The highest BCUT2D eigenvalue weighted by molar-refractivity contribution is 5.94. The summed E-state index contributed by atoms with van der Waals surface area (Å²) in [5.41, 5.74) is 3.18. The maximum Gasteiger partial charge on any atom is 0.333 e. The van der Waals surface area contributed by atoms with E-state index in [1.54, 1.807) is 10.8 Å². The second kappa shape index (κ2) is 11.4. The van der Waals surface area contributed by atoms with Crippen molar-refractivity contribution < 1.29 is 9.18 Å². The Bertz CT molecular complexity index is 1850. The zero-order chi connectivity index (χ0) is 29.2. The smallest absolute Gasteiger partial charge is 0.333 e. The van der Waals surface area contributed by atoms with Crippen molar-refractivity contribution >= 4 is 22.9 Å². The SMILES string of the molecule is CCCn1c(=O)n(C2CC2)c(=O)c2[nH]c(-c3ccc(NCc4ccc(CNC(=O)c5ccc(F)cc5)cc4)nc3)nc21. The van der Waals surface area contributed by atoms with Crippen LogP contribution in [0.2, 0.25) is 0 Å². The van der Waals surface area contributed by atoms with Crippen LogP contribution in [-0.4, -0.2) is 30.0 Å². The van der Waals surface area contributed by atoms with Gasteiger partial charge < -0.3 is 15.6 Å². The van der Waals surface area contributed by atoms with Gasteiger partial charge in [0.25, 0.3) is 11.5 Å². The Morgan fingerprint density at radius 2 is 1.71 bits per heavy atom. The van der Waals surface area contributed by atoms with E-state index in [1.165, 1.54) is 28.8 Å². The highest BCUT2D eigenvalue weighted by Crippen LogP contribution is 2.32. The van der Waals surface area contributed by atoms with E-state index in [0.29, 0.717) is 53.6 Å². The molecule has 0 spiro atoms. The molecule has 6 rings (SSSR count). The van der Waals surface area contributed by atoms with Crippen LogP contribution in [0.1, 0.15) is 53.7 Å². The summed E-state index contributed by atoms with van der Waals surface area (Å²) in [5.74, 6) is 0.516. The Hall–Kier alpha value is -5.06. The van der Waals surface area contributed by atoms with Gasteiger partial charge in [-0.2, -0.15) is 0 Å². The van der Waals surface area contributed by atoms with Crippen LogP contribution in [0, 0.1) is 5.82 Å². The third-order valence-corrected chi connectivity index (χ3v) is 7.26. The zero-order valence-electron chi connectivity index (χ0n) is 23.1. The number of hydrogen-bond acceptors (Lipinski definition) is 6. The zero-order valence-corrected chi connectivity index (χ0v) is 23.1. The van der Waals surface area contributed by atoms with Gasteiger partial charge in [0.1, 0.15) is 23.0 Å². The van der Waals surface area contributed by atoms with Crippen LogP contribution in [0.25, 0.3) is 22.6 Å². The second-order valence-electron chi connectivity index (χ2n) is 10.4. The van der Waals surface area contributed by atoms with Crippen molar-refractivity contribution in [2.24, 2.45) is 0 Å². The summed E-state index contributed by atoms with van der Waals surface area (Å²) >= 11 is 0. The molecule has 214 valence electrons. The number of pyridine rings is 1. The molecule has 2 aromatic carbocycles. The molecule has 0 aliphatic heterocycles. The molecule has 1 aliphatic rings. The summed E-state index contributed by atoms with van der Waals surface area (Å²) < 4.78 is 16.0. The number of aromatic amines is 1. The van der Waals surface area contributed by atoms with Crippen LogP contribution in [0.4, 0.5) is 10.2 Å². The largest absolute Gasteiger partial charge is 0.366 e. The predicted molar refractivity (Wildman–Crippen MR) is 158 cm³/mol. The van der Waals surface area contributed by atoms with Gasteiger partial charge in [0, 0.05) is 43.0 Å². The van der Waals surface area contributed by atoms with Crippen LogP contribution in [0.3, 0.4) is 0 Å². The number of imidazole rings is 1. The first-order valence-electron chi connectivity index (χ1n) is 14.0. The number of carbonyl (C=O) groups is 1. The third-order valence-electron chi connectivity index (χ3n) is 7.26. The highest BCUT2D eigenvalue weighted by Gasteiger charge is 2.29. The number of aromatic nitrogens is 5. The second-order valence-corrected chi connectivity index (χ2v) is 10.4. The number of carbonyl (C=O) groups excluding carboxylic acids is 1. The van der Waals surface area contributed by atoms with E-state index in [9.17, 15) is 18.8 Å². The number of nitrogens with one attached hydrogen (secondary N) is 3. The molecule has 42 heavy (non-hydrogen) atoms. The van der Waals surface area contributed by atoms with Crippen LogP contribution in [0.15, 0.2) is 76.4 Å². The summed E-state index contributed by atoms with van der Waals surface area (Å²) in [6.45, 7) is 3.38. The van der Waals surface area contributed by atoms with Crippen molar-refractivity contribution in [3.8, 4) is 11.4 Å². The van der Waals surface area contributed by atoms with Crippen molar-refractivity contribution in [2.45, 2.75) is 51.9 Å². The predicted octanol–water partition coefficient (Wildman–Crippen LogP) is 4.37. The maximum absolute atomic E-state index is 13.1. The van der Waals surface area contributed by atoms with Crippen molar-refractivity contribution in [1.82, 2.24) is 29.4 Å². The monoisotopic (exact) mass is 567 g/mol. The average Bonchev–Trinajstić information content (AvgIpc) is 3.74. The standard InChI is InChI=1S/C31H30FN7O3/c1-2-15-38-28-26(30(41)39(31(38)42)24-12-13-24)36-27(37-28)22-9-14-25(34-18-22)33-16-19-3-5-20(6-4-19)17-35-29(40)21-7-10-23(32)11-8-21/h3-11,14,18,24H,2,12-13,15-17H2,1H3,(H,33,34)(H,35,40)(H,36,37).